The fraction of sp³-hybridized carbons (Fsp3) is 0.346. The molecule has 1 saturated heterocycles. The Bertz CT molecular complexity index is 1020. The van der Waals surface area contributed by atoms with Gasteiger partial charge in [-0.1, -0.05) is 55.8 Å². The lowest BCUT2D eigenvalue weighted by molar-refractivity contribution is 0.0644. The molecule has 166 valence electrons. The first-order chi connectivity index (χ1) is 15.6. The van der Waals surface area contributed by atoms with Crippen LogP contribution >= 0.6 is 0 Å². The first-order valence-electron chi connectivity index (χ1n) is 11.3. The molecule has 32 heavy (non-hydrogen) atoms. The van der Waals surface area contributed by atoms with Gasteiger partial charge in [-0.05, 0) is 30.2 Å². The lowest BCUT2D eigenvalue weighted by atomic mass is 10.0. The van der Waals surface area contributed by atoms with E-state index in [0.717, 1.165) is 32.5 Å². The van der Waals surface area contributed by atoms with Gasteiger partial charge in [-0.2, -0.15) is 0 Å². The highest BCUT2D eigenvalue weighted by Gasteiger charge is 2.36. The zero-order valence-electron chi connectivity index (χ0n) is 18.5. The van der Waals surface area contributed by atoms with Crippen LogP contribution in [-0.4, -0.2) is 71.7 Å². The topological polar surface area (TPSA) is 60.9 Å². The van der Waals surface area contributed by atoms with Crippen molar-refractivity contribution in [3.8, 4) is 0 Å². The molecule has 2 aliphatic heterocycles. The van der Waals surface area contributed by atoms with E-state index >= 15 is 0 Å². The normalized spacial score (nSPS) is 16.8. The van der Waals surface area contributed by atoms with Gasteiger partial charge in [-0.15, -0.1) is 0 Å². The molecule has 2 aromatic carbocycles. The smallest absolute Gasteiger partial charge is 0.261 e. The highest BCUT2D eigenvalue weighted by atomic mass is 16.2. The minimum Gasteiger partial charge on any atom is -0.336 e. The number of hydrogen-bond donors (Lipinski definition) is 0. The Morgan fingerprint density at radius 1 is 0.938 bits per heavy atom. The summed E-state index contributed by atoms with van der Waals surface area (Å²) in [6.07, 6.45) is 5.96. The van der Waals surface area contributed by atoms with Crippen LogP contribution in [0.3, 0.4) is 0 Å². The SMILES string of the molecule is CCCCN1C(=O)c2ccc(C(=O)N3CCN(C/C=C/c4ccccc4)CC3)cc2C1=O. The van der Waals surface area contributed by atoms with Crippen molar-refractivity contribution in [2.75, 3.05) is 39.3 Å². The van der Waals surface area contributed by atoms with Gasteiger partial charge in [0.05, 0.1) is 11.1 Å². The first-order valence-corrected chi connectivity index (χ1v) is 11.3. The molecule has 0 atom stereocenters. The number of piperazine rings is 1. The fourth-order valence-electron chi connectivity index (χ4n) is 4.16. The molecule has 3 amide bonds. The van der Waals surface area contributed by atoms with Crippen molar-refractivity contribution in [1.82, 2.24) is 14.7 Å². The lowest BCUT2D eigenvalue weighted by Gasteiger charge is -2.34. The quantitative estimate of drug-likeness (QED) is 0.629. The predicted octanol–water partition coefficient (Wildman–Crippen LogP) is 3.55. The van der Waals surface area contributed by atoms with Gasteiger partial charge in [0, 0.05) is 44.8 Å². The maximum Gasteiger partial charge on any atom is 0.261 e. The van der Waals surface area contributed by atoms with E-state index in [2.05, 4.69) is 29.2 Å². The number of unbranched alkanes of at least 4 members (excludes halogenated alkanes) is 1. The molecule has 0 bridgehead atoms. The number of hydrogen-bond acceptors (Lipinski definition) is 4. The molecule has 6 nitrogen and oxygen atoms in total. The van der Waals surface area contributed by atoms with Crippen molar-refractivity contribution >= 4 is 23.8 Å². The van der Waals surface area contributed by atoms with Crippen LogP contribution in [0.4, 0.5) is 0 Å². The Kier molecular flexibility index (Phi) is 6.81. The summed E-state index contributed by atoms with van der Waals surface area (Å²) in [6.45, 7) is 6.19. The van der Waals surface area contributed by atoms with Crippen LogP contribution < -0.4 is 0 Å². The Labute approximate surface area is 189 Å². The summed E-state index contributed by atoms with van der Waals surface area (Å²) in [6, 6.07) is 15.1. The third kappa shape index (κ3) is 4.65. The van der Waals surface area contributed by atoms with Crippen LogP contribution in [0.1, 0.15) is 56.4 Å². The highest BCUT2D eigenvalue weighted by Crippen LogP contribution is 2.25. The average molecular weight is 432 g/mol. The van der Waals surface area contributed by atoms with Crippen molar-refractivity contribution in [2.45, 2.75) is 19.8 Å². The third-order valence-corrected chi connectivity index (χ3v) is 6.09. The average Bonchev–Trinajstić information content (AvgIpc) is 3.07. The molecule has 2 aromatic rings. The van der Waals surface area contributed by atoms with Crippen LogP contribution in [0.25, 0.3) is 6.08 Å². The zero-order valence-corrected chi connectivity index (χ0v) is 18.5. The van der Waals surface area contributed by atoms with Crippen LogP contribution in [-0.2, 0) is 0 Å². The van der Waals surface area contributed by atoms with E-state index in [4.69, 9.17) is 0 Å². The van der Waals surface area contributed by atoms with Gasteiger partial charge in [0.2, 0.25) is 0 Å². The van der Waals surface area contributed by atoms with Crippen molar-refractivity contribution in [2.24, 2.45) is 0 Å². The zero-order chi connectivity index (χ0) is 22.5. The number of benzene rings is 2. The second-order valence-electron chi connectivity index (χ2n) is 8.28. The summed E-state index contributed by atoms with van der Waals surface area (Å²) in [7, 11) is 0. The number of amides is 3. The van der Waals surface area contributed by atoms with E-state index in [0.29, 0.717) is 36.3 Å². The fourth-order valence-corrected chi connectivity index (χ4v) is 4.16. The van der Waals surface area contributed by atoms with Gasteiger partial charge in [0.15, 0.2) is 0 Å². The van der Waals surface area contributed by atoms with Gasteiger partial charge in [0.25, 0.3) is 17.7 Å². The molecule has 0 aliphatic carbocycles. The molecular formula is C26H29N3O3. The molecule has 2 heterocycles. The maximum atomic E-state index is 13.0. The molecule has 4 rings (SSSR count). The Balaban J connectivity index is 1.34. The van der Waals surface area contributed by atoms with Gasteiger partial charge >= 0.3 is 0 Å². The summed E-state index contributed by atoms with van der Waals surface area (Å²) < 4.78 is 0. The number of imide groups is 1. The van der Waals surface area contributed by atoms with Crippen LogP contribution in [0.5, 0.6) is 0 Å². The first kappa shape index (κ1) is 22.0. The number of nitrogens with zero attached hydrogens (tertiary/aromatic N) is 3. The largest absolute Gasteiger partial charge is 0.336 e. The van der Waals surface area contributed by atoms with E-state index in [1.165, 1.54) is 10.5 Å². The monoisotopic (exact) mass is 431 g/mol. The summed E-state index contributed by atoms with van der Waals surface area (Å²) in [5.41, 5.74) is 2.40. The number of carbonyl (C=O) groups is 3. The molecule has 1 fully saturated rings. The number of fused-ring (bicyclic) bond motifs is 1. The Morgan fingerprint density at radius 3 is 2.38 bits per heavy atom. The molecule has 0 spiro atoms. The molecule has 0 aromatic heterocycles. The molecule has 0 unspecified atom stereocenters. The number of carbonyl (C=O) groups excluding carboxylic acids is 3. The maximum absolute atomic E-state index is 13.0. The van der Waals surface area contributed by atoms with Crippen molar-refractivity contribution in [3.63, 3.8) is 0 Å². The molecule has 0 radical (unpaired) electrons. The van der Waals surface area contributed by atoms with Crippen LogP contribution in [0, 0.1) is 0 Å². The van der Waals surface area contributed by atoms with E-state index in [1.807, 2.05) is 30.0 Å². The van der Waals surface area contributed by atoms with Gasteiger partial charge in [0.1, 0.15) is 0 Å². The molecule has 2 aliphatic rings. The van der Waals surface area contributed by atoms with Crippen molar-refractivity contribution in [3.05, 3.63) is 76.9 Å². The van der Waals surface area contributed by atoms with Crippen molar-refractivity contribution in [1.29, 1.82) is 0 Å². The highest BCUT2D eigenvalue weighted by molar-refractivity contribution is 6.22. The molecule has 0 N–H and O–H groups in total. The van der Waals surface area contributed by atoms with E-state index in [1.54, 1.807) is 18.2 Å². The third-order valence-electron chi connectivity index (χ3n) is 6.09. The van der Waals surface area contributed by atoms with E-state index in [9.17, 15) is 14.4 Å². The summed E-state index contributed by atoms with van der Waals surface area (Å²) in [5.74, 6) is -0.628. The molecule has 6 heteroatoms. The Hall–Kier alpha value is -3.25. The summed E-state index contributed by atoms with van der Waals surface area (Å²) in [4.78, 5) is 43.7. The number of rotatable bonds is 7. The van der Waals surface area contributed by atoms with Gasteiger partial charge in [-0.3, -0.25) is 24.2 Å². The van der Waals surface area contributed by atoms with Crippen molar-refractivity contribution < 1.29 is 14.4 Å². The molecule has 0 saturated carbocycles. The van der Waals surface area contributed by atoms with Crippen LogP contribution in [0.15, 0.2) is 54.6 Å². The second-order valence-corrected chi connectivity index (χ2v) is 8.28. The minimum absolute atomic E-state index is 0.0838. The van der Waals surface area contributed by atoms with Crippen LogP contribution in [0.2, 0.25) is 0 Å². The summed E-state index contributed by atoms with van der Waals surface area (Å²) >= 11 is 0. The van der Waals surface area contributed by atoms with Gasteiger partial charge in [-0.25, -0.2) is 0 Å². The summed E-state index contributed by atoms with van der Waals surface area (Å²) in [5, 5.41) is 0. The van der Waals surface area contributed by atoms with Gasteiger partial charge < -0.3 is 4.90 Å². The van der Waals surface area contributed by atoms with E-state index < -0.39 is 0 Å². The minimum atomic E-state index is -0.289. The standard InChI is InChI=1S/C26H29N3O3/c1-2-3-14-29-25(31)22-12-11-21(19-23(22)26(29)32)24(30)28-17-15-27(16-18-28)13-7-10-20-8-5-4-6-9-20/h4-12,19H,2-3,13-18H2,1H3/b10-7+. The van der Waals surface area contributed by atoms with E-state index in [-0.39, 0.29) is 17.7 Å². The molecular weight excluding hydrogens is 402 g/mol. The lowest BCUT2D eigenvalue weighted by Crippen LogP contribution is -2.48. The predicted molar refractivity (Wildman–Crippen MR) is 125 cm³/mol. The Morgan fingerprint density at radius 2 is 1.66 bits per heavy atom. The second kappa shape index (κ2) is 9.92.